The molecule has 6 heteroatoms. The Morgan fingerprint density at radius 3 is 2.47 bits per heavy atom. The highest BCUT2D eigenvalue weighted by atomic mass is 32.2. The van der Waals surface area contributed by atoms with Gasteiger partial charge in [0.25, 0.3) is 10.1 Å². The first-order chi connectivity index (χ1) is 7.16. The zero-order valence-electron chi connectivity index (χ0n) is 8.65. The van der Waals surface area contributed by atoms with E-state index < -0.39 is 10.1 Å². The smallest absolute Gasteiger partial charge is 0.268 e. The fourth-order valence-corrected chi connectivity index (χ4v) is 3.37. The summed E-state index contributed by atoms with van der Waals surface area (Å²) in [4.78, 5) is 0. The lowest BCUT2D eigenvalue weighted by atomic mass is 10.0. The molecule has 5 nitrogen and oxygen atoms in total. The molecule has 0 radical (unpaired) electrons. The lowest BCUT2D eigenvalue weighted by Gasteiger charge is -2.27. The highest BCUT2D eigenvalue weighted by Crippen LogP contribution is 2.17. The van der Waals surface area contributed by atoms with Crippen LogP contribution in [0.1, 0.15) is 12.8 Å². The van der Waals surface area contributed by atoms with Crippen LogP contribution in [0.2, 0.25) is 0 Å². The van der Waals surface area contributed by atoms with Gasteiger partial charge in [-0.2, -0.15) is 8.42 Å². The van der Waals surface area contributed by atoms with Gasteiger partial charge < -0.3 is 10.1 Å². The maximum absolute atomic E-state index is 11.6. The van der Waals surface area contributed by atoms with Crippen LogP contribution in [0.25, 0.3) is 0 Å². The van der Waals surface area contributed by atoms with Gasteiger partial charge in [0.2, 0.25) is 0 Å². The molecule has 0 bridgehead atoms. The first-order valence-electron chi connectivity index (χ1n) is 5.35. The second-order valence-corrected chi connectivity index (χ2v) is 5.81. The second kappa shape index (κ2) is 4.78. The number of piperidine rings is 1. The molecular weight excluding hydrogens is 218 g/mol. The van der Waals surface area contributed by atoms with E-state index in [9.17, 15) is 8.42 Å². The van der Waals surface area contributed by atoms with E-state index in [4.69, 9.17) is 8.92 Å². The van der Waals surface area contributed by atoms with E-state index in [2.05, 4.69) is 5.32 Å². The zero-order chi connectivity index (χ0) is 10.7. The van der Waals surface area contributed by atoms with Gasteiger partial charge in [-0.25, -0.2) is 0 Å². The maximum atomic E-state index is 11.6. The SMILES string of the molecule is O=S(=O)(CC1CCNCC1)OC1COC1. The van der Waals surface area contributed by atoms with Crippen molar-refractivity contribution in [3.05, 3.63) is 0 Å². The molecule has 0 atom stereocenters. The molecule has 0 aromatic heterocycles. The topological polar surface area (TPSA) is 64.6 Å². The average molecular weight is 235 g/mol. The minimum Gasteiger partial charge on any atom is -0.376 e. The van der Waals surface area contributed by atoms with Gasteiger partial charge in [0.15, 0.2) is 0 Å². The normalized spacial score (nSPS) is 25.1. The molecule has 2 heterocycles. The Labute approximate surface area is 90.3 Å². The second-order valence-electron chi connectivity index (χ2n) is 4.17. The predicted molar refractivity (Wildman–Crippen MR) is 55.1 cm³/mol. The van der Waals surface area contributed by atoms with E-state index in [-0.39, 0.29) is 17.8 Å². The summed E-state index contributed by atoms with van der Waals surface area (Å²) in [6.45, 7) is 2.64. The molecule has 0 aliphatic carbocycles. The van der Waals surface area contributed by atoms with Gasteiger partial charge in [0.05, 0.1) is 19.0 Å². The summed E-state index contributed by atoms with van der Waals surface area (Å²) in [7, 11) is -3.35. The molecule has 2 saturated heterocycles. The molecule has 2 aliphatic rings. The first-order valence-corrected chi connectivity index (χ1v) is 6.93. The summed E-state index contributed by atoms with van der Waals surface area (Å²) in [5.41, 5.74) is 0. The van der Waals surface area contributed by atoms with E-state index in [1.807, 2.05) is 0 Å². The van der Waals surface area contributed by atoms with Crippen molar-refractivity contribution in [1.82, 2.24) is 5.32 Å². The van der Waals surface area contributed by atoms with Crippen molar-refractivity contribution in [3.63, 3.8) is 0 Å². The van der Waals surface area contributed by atoms with E-state index in [1.54, 1.807) is 0 Å². The van der Waals surface area contributed by atoms with Crippen LogP contribution in [0.15, 0.2) is 0 Å². The minimum atomic E-state index is -3.35. The molecule has 2 fully saturated rings. The molecule has 15 heavy (non-hydrogen) atoms. The number of hydrogen-bond acceptors (Lipinski definition) is 5. The van der Waals surface area contributed by atoms with Gasteiger partial charge in [-0.1, -0.05) is 0 Å². The van der Waals surface area contributed by atoms with E-state index in [0.29, 0.717) is 13.2 Å². The standard InChI is InChI=1S/C9H17NO4S/c11-15(12,14-9-5-13-6-9)7-8-1-3-10-4-2-8/h8-10H,1-7H2. The number of rotatable bonds is 4. The van der Waals surface area contributed by atoms with Crippen LogP contribution in [0, 0.1) is 5.92 Å². The Kier molecular flexibility index (Phi) is 3.60. The highest BCUT2D eigenvalue weighted by molar-refractivity contribution is 7.86. The summed E-state index contributed by atoms with van der Waals surface area (Å²) in [6, 6.07) is 0. The van der Waals surface area contributed by atoms with Gasteiger partial charge in [-0.15, -0.1) is 0 Å². The molecule has 0 unspecified atom stereocenters. The van der Waals surface area contributed by atoms with Crippen molar-refractivity contribution < 1.29 is 17.3 Å². The third-order valence-corrected chi connectivity index (χ3v) is 4.23. The Morgan fingerprint density at radius 2 is 1.93 bits per heavy atom. The number of ether oxygens (including phenoxy) is 1. The Balaban J connectivity index is 1.80. The van der Waals surface area contributed by atoms with Crippen LogP contribution >= 0.6 is 0 Å². The van der Waals surface area contributed by atoms with E-state index in [0.717, 1.165) is 25.9 Å². The lowest BCUT2D eigenvalue weighted by molar-refractivity contribution is -0.0770. The van der Waals surface area contributed by atoms with Crippen LogP contribution in [0.3, 0.4) is 0 Å². The molecule has 0 aromatic rings. The van der Waals surface area contributed by atoms with Gasteiger partial charge in [-0.3, -0.25) is 4.18 Å². The van der Waals surface area contributed by atoms with E-state index >= 15 is 0 Å². The van der Waals surface area contributed by atoms with Crippen molar-refractivity contribution in [2.75, 3.05) is 32.1 Å². The Morgan fingerprint density at radius 1 is 1.27 bits per heavy atom. The molecule has 88 valence electrons. The Hall–Kier alpha value is -0.170. The Bertz CT molecular complexity index is 293. The van der Waals surface area contributed by atoms with Gasteiger partial charge in [-0.05, 0) is 31.8 Å². The summed E-state index contributed by atoms with van der Waals surface area (Å²) in [6.07, 6.45) is 1.60. The third-order valence-electron chi connectivity index (χ3n) is 2.79. The third kappa shape index (κ3) is 3.41. The molecule has 0 saturated carbocycles. The van der Waals surface area contributed by atoms with Crippen LogP contribution in [-0.2, 0) is 19.0 Å². The van der Waals surface area contributed by atoms with Crippen molar-refractivity contribution in [3.8, 4) is 0 Å². The van der Waals surface area contributed by atoms with Crippen LogP contribution < -0.4 is 5.32 Å². The molecule has 0 spiro atoms. The van der Waals surface area contributed by atoms with Crippen molar-refractivity contribution >= 4 is 10.1 Å². The summed E-state index contributed by atoms with van der Waals surface area (Å²) >= 11 is 0. The van der Waals surface area contributed by atoms with Crippen molar-refractivity contribution in [2.45, 2.75) is 18.9 Å². The number of hydrogen-bond donors (Lipinski definition) is 1. The summed E-state index contributed by atoms with van der Waals surface area (Å²) in [5, 5.41) is 3.21. The quantitative estimate of drug-likeness (QED) is 0.680. The van der Waals surface area contributed by atoms with Crippen LogP contribution in [0.5, 0.6) is 0 Å². The zero-order valence-corrected chi connectivity index (χ0v) is 9.46. The molecule has 2 aliphatic heterocycles. The summed E-state index contributed by atoms with van der Waals surface area (Å²) < 4.78 is 33.1. The van der Waals surface area contributed by atoms with Gasteiger partial charge in [0, 0.05) is 0 Å². The lowest BCUT2D eigenvalue weighted by Crippen LogP contribution is -2.40. The van der Waals surface area contributed by atoms with E-state index in [1.165, 1.54) is 0 Å². The largest absolute Gasteiger partial charge is 0.376 e. The van der Waals surface area contributed by atoms with Crippen molar-refractivity contribution in [2.24, 2.45) is 5.92 Å². The van der Waals surface area contributed by atoms with Gasteiger partial charge in [0.1, 0.15) is 6.10 Å². The average Bonchev–Trinajstić information content (AvgIpc) is 2.13. The molecule has 2 rings (SSSR count). The maximum Gasteiger partial charge on any atom is 0.268 e. The predicted octanol–water partition coefficient (Wildman–Crippen LogP) is -0.269. The van der Waals surface area contributed by atoms with Crippen LogP contribution in [-0.4, -0.2) is 46.6 Å². The monoisotopic (exact) mass is 235 g/mol. The van der Waals surface area contributed by atoms with Crippen LogP contribution in [0.4, 0.5) is 0 Å². The molecular formula is C9H17NO4S. The fraction of sp³-hybridized carbons (Fsp3) is 1.00. The molecule has 0 amide bonds. The first kappa shape index (κ1) is 11.3. The summed E-state index contributed by atoms with van der Waals surface area (Å²) in [5.74, 6) is 0.405. The minimum absolute atomic E-state index is 0.158. The van der Waals surface area contributed by atoms with Gasteiger partial charge >= 0.3 is 0 Å². The van der Waals surface area contributed by atoms with Crippen molar-refractivity contribution in [1.29, 1.82) is 0 Å². The highest BCUT2D eigenvalue weighted by Gasteiger charge is 2.28. The molecule has 1 N–H and O–H groups in total. The molecule has 0 aromatic carbocycles. The number of nitrogens with one attached hydrogen (secondary N) is 1. The fourth-order valence-electron chi connectivity index (χ4n) is 1.85.